The highest BCUT2D eigenvalue weighted by atomic mass is 19.2. The van der Waals surface area contributed by atoms with Crippen LogP contribution in [0.2, 0.25) is 0 Å². The summed E-state index contributed by atoms with van der Waals surface area (Å²) in [6.45, 7) is 5.24. The second-order valence-electron chi connectivity index (χ2n) is 7.74. The number of hydrogen-bond donors (Lipinski definition) is 2. The average Bonchev–Trinajstić information content (AvgIpc) is 3.25. The summed E-state index contributed by atoms with van der Waals surface area (Å²) < 4.78 is 31.6. The van der Waals surface area contributed by atoms with Gasteiger partial charge in [-0.1, -0.05) is 6.07 Å². The lowest BCUT2D eigenvalue weighted by Gasteiger charge is -2.20. The maximum absolute atomic E-state index is 13.3. The summed E-state index contributed by atoms with van der Waals surface area (Å²) in [5, 5.41) is 5.56. The van der Waals surface area contributed by atoms with Crippen molar-refractivity contribution in [2.45, 2.75) is 45.3 Å². The van der Waals surface area contributed by atoms with Gasteiger partial charge in [-0.05, 0) is 57.0 Å². The maximum Gasteiger partial charge on any atom is 0.260 e. The summed E-state index contributed by atoms with van der Waals surface area (Å²) in [5.74, 6) is -2.68. The summed E-state index contributed by atoms with van der Waals surface area (Å²) in [6.07, 6.45) is 1.49. The van der Waals surface area contributed by atoms with E-state index in [1.165, 1.54) is 25.8 Å². The van der Waals surface area contributed by atoms with Gasteiger partial charge in [0, 0.05) is 43.0 Å². The predicted octanol–water partition coefficient (Wildman–Crippen LogP) is 3.87. The van der Waals surface area contributed by atoms with Gasteiger partial charge in [0.1, 0.15) is 5.75 Å². The molecule has 2 unspecified atom stereocenters. The zero-order valence-corrected chi connectivity index (χ0v) is 17.7. The quantitative estimate of drug-likeness (QED) is 0.666. The molecule has 1 aliphatic rings. The first-order valence-corrected chi connectivity index (χ1v) is 10.4. The first-order chi connectivity index (χ1) is 14.8. The standard InChI is InChI=1S/C23H27F2N3O3/c1-15(26-23(30)16(2)31-19-8-9-20(24)21(25)14-19)12-22(29)27-17-6-5-7-18(13-17)28-10-3-4-11-28/h5-9,13-16H,3-4,10-12H2,1-2H3,(H,26,30)(H,27,29). The molecule has 2 aromatic carbocycles. The molecular weight excluding hydrogens is 404 g/mol. The number of nitrogens with zero attached hydrogens (tertiary/aromatic N) is 1. The molecule has 3 rings (SSSR count). The van der Waals surface area contributed by atoms with Gasteiger partial charge in [0.2, 0.25) is 5.91 Å². The highest BCUT2D eigenvalue weighted by molar-refractivity contribution is 5.92. The molecule has 0 radical (unpaired) electrons. The van der Waals surface area contributed by atoms with Gasteiger partial charge in [-0.2, -0.15) is 0 Å². The largest absolute Gasteiger partial charge is 0.481 e. The lowest BCUT2D eigenvalue weighted by Crippen LogP contribution is -2.42. The molecule has 2 N–H and O–H groups in total. The fraction of sp³-hybridized carbons (Fsp3) is 0.391. The molecule has 1 heterocycles. The van der Waals surface area contributed by atoms with E-state index in [-0.39, 0.29) is 18.1 Å². The van der Waals surface area contributed by atoms with Crippen molar-refractivity contribution in [1.82, 2.24) is 5.32 Å². The Morgan fingerprint density at radius 3 is 2.52 bits per heavy atom. The third-order valence-corrected chi connectivity index (χ3v) is 5.05. The molecule has 2 atom stereocenters. The second kappa shape index (κ2) is 10.2. The Kier molecular flexibility index (Phi) is 7.44. The number of hydrogen-bond acceptors (Lipinski definition) is 4. The van der Waals surface area contributed by atoms with E-state index in [9.17, 15) is 18.4 Å². The van der Waals surface area contributed by atoms with Gasteiger partial charge in [0.15, 0.2) is 17.7 Å². The molecule has 166 valence electrons. The highest BCUT2D eigenvalue weighted by Crippen LogP contribution is 2.23. The van der Waals surface area contributed by atoms with E-state index >= 15 is 0 Å². The van der Waals surface area contributed by atoms with E-state index in [1.807, 2.05) is 24.3 Å². The molecule has 1 saturated heterocycles. The normalized spacial score (nSPS) is 15.3. The van der Waals surface area contributed by atoms with Gasteiger partial charge in [0.05, 0.1) is 0 Å². The molecule has 1 fully saturated rings. The summed E-state index contributed by atoms with van der Waals surface area (Å²) in [4.78, 5) is 27.0. The Balaban J connectivity index is 1.47. The van der Waals surface area contributed by atoms with Crippen molar-refractivity contribution in [3.63, 3.8) is 0 Å². The average molecular weight is 431 g/mol. The molecule has 2 amide bonds. The van der Waals surface area contributed by atoms with E-state index in [4.69, 9.17) is 4.74 Å². The highest BCUT2D eigenvalue weighted by Gasteiger charge is 2.19. The van der Waals surface area contributed by atoms with Crippen LogP contribution in [0.1, 0.15) is 33.1 Å². The molecule has 6 nitrogen and oxygen atoms in total. The molecule has 8 heteroatoms. The molecule has 1 aliphatic heterocycles. The SMILES string of the molecule is CC(CC(=O)Nc1cccc(N2CCCC2)c1)NC(=O)C(C)Oc1ccc(F)c(F)c1. The Labute approximate surface area is 180 Å². The molecule has 2 aromatic rings. The summed E-state index contributed by atoms with van der Waals surface area (Å²) in [7, 11) is 0. The van der Waals surface area contributed by atoms with E-state index in [2.05, 4.69) is 15.5 Å². The predicted molar refractivity (Wildman–Crippen MR) is 115 cm³/mol. The molecule has 0 saturated carbocycles. The number of carbonyl (C=O) groups is 2. The minimum absolute atomic E-state index is 0.0461. The van der Waals surface area contributed by atoms with Crippen LogP contribution in [0, 0.1) is 11.6 Å². The van der Waals surface area contributed by atoms with Crippen LogP contribution >= 0.6 is 0 Å². The first kappa shape index (κ1) is 22.5. The number of benzene rings is 2. The van der Waals surface area contributed by atoms with Crippen molar-refractivity contribution in [1.29, 1.82) is 0 Å². The van der Waals surface area contributed by atoms with Gasteiger partial charge in [-0.3, -0.25) is 9.59 Å². The number of halogens is 2. The molecule has 0 bridgehead atoms. The number of ether oxygens (including phenoxy) is 1. The van der Waals surface area contributed by atoms with E-state index in [0.717, 1.165) is 30.9 Å². The third kappa shape index (κ3) is 6.41. The zero-order valence-electron chi connectivity index (χ0n) is 17.7. The number of rotatable bonds is 8. The Hall–Kier alpha value is -3.16. The smallest absolute Gasteiger partial charge is 0.260 e. The van der Waals surface area contributed by atoms with Gasteiger partial charge in [-0.25, -0.2) is 8.78 Å². The minimum atomic E-state index is -1.05. The molecular formula is C23H27F2N3O3. The van der Waals surface area contributed by atoms with Crippen molar-refractivity contribution in [2.75, 3.05) is 23.3 Å². The zero-order chi connectivity index (χ0) is 22.4. The van der Waals surface area contributed by atoms with Crippen LogP contribution in [-0.4, -0.2) is 37.0 Å². The van der Waals surface area contributed by atoms with Crippen LogP contribution in [0.4, 0.5) is 20.2 Å². The Morgan fingerprint density at radius 1 is 1.06 bits per heavy atom. The van der Waals surface area contributed by atoms with E-state index in [0.29, 0.717) is 5.69 Å². The van der Waals surface area contributed by atoms with Crippen LogP contribution in [0.15, 0.2) is 42.5 Å². The van der Waals surface area contributed by atoms with Crippen LogP contribution < -0.4 is 20.3 Å². The number of carbonyl (C=O) groups excluding carboxylic acids is 2. The van der Waals surface area contributed by atoms with Gasteiger partial charge < -0.3 is 20.3 Å². The lowest BCUT2D eigenvalue weighted by atomic mass is 10.2. The number of anilines is 2. The number of amides is 2. The van der Waals surface area contributed by atoms with Crippen molar-refractivity contribution < 1.29 is 23.1 Å². The van der Waals surface area contributed by atoms with E-state index in [1.54, 1.807) is 6.92 Å². The first-order valence-electron chi connectivity index (χ1n) is 10.4. The maximum atomic E-state index is 13.3. The van der Waals surface area contributed by atoms with Crippen LogP contribution in [0.25, 0.3) is 0 Å². The molecule has 0 aromatic heterocycles. The van der Waals surface area contributed by atoms with Crippen molar-refractivity contribution in [2.24, 2.45) is 0 Å². The number of nitrogens with one attached hydrogen (secondary N) is 2. The van der Waals surface area contributed by atoms with Gasteiger partial charge in [-0.15, -0.1) is 0 Å². The van der Waals surface area contributed by atoms with Crippen molar-refractivity contribution in [3.05, 3.63) is 54.1 Å². The van der Waals surface area contributed by atoms with Gasteiger partial charge in [0.25, 0.3) is 5.91 Å². The fourth-order valence-corrected chi connectivity index (χ4v) is 3.46. The Bertz CT molecular complexity index is 932. The van der Waals surface area contributed by atoms with Crippen LogP contribution in [0.5, 0.6) is 5.75 Å². The Morgan fingerprint density at radius 2 is 1.81 bits per heavy atom. The minimum Gasteiger partial charge on any atom is -0.481 e. The lowest BCUT2D eigenvalue weighted by molar-refractivity contribution is -0.128. The van der Waals surface area contributed by atoms with E-state index < -0.39 is 29.7 Å². The summed E-state index contributed by atoms with van der Waals surface area (Å²) in [6, 6.07) is 10.3. The topological polar surface area (TPSA) is 70.7 Å². The molecule has 31 heavy (non-hydrogen) atoms. The molecule has 0 spiro atoms. The van der Waals surface area contributed by atoms with Crippen LogP contribution in [0.3, 0.4) is 0 Å². The monoisotopic (exact) mass is 431 g/mol. The third-order valence-electron chi connectivity index (χ3n) is 5.05. The van der Waals surface area contributed by atoms with Crippen molar-refractivity contribution in [3.8, 4) is 5.75 Å². The summed E-state index contributed by atoms with van der Waals surface area (Å²) in [5.41, 5.74) is 1.79. The van der Waals surface area contributed by atoms with Crippen molar-refractivity contribution >= 4 is 23.2 Å². The second-order valence-corrected chi connectivity index (χ2v) is 7.74. The summed E-state index contributed by atoms with van der Waals surface area (Å²) >= 11 is 0. The van der Waals surface area contributed by atoms with Crippen LogP contribution in [-0.2, 0) is 9.59 Å². The molecule has 0 aliphatic carbocycles. The van der Waals surface area contributed by atoms with Gasteiger partial charge >= 0.3 is 0 Å². The fourth-order valence-electron chi connectivity index (χ4n) is 3.46.